The van der Waals surface area contributed by atoms with Crippen molar-refractivity contribution in [2.24, 2.45) is 0 Å². The molecule has 3 rings (SSSR count). The van der Waals surface area contributed by atoms with Gasteiger partial charge in [-0.2, -0.15) is 0 Å². The number of hydrogen-bond acceptors (Lipinski definition) is 5. The number of ether oxygens (including phenoxy) is 4. The maximum Gasteiger partial charge on any atom is 0.265 e. The summed E-state index contributed by atoms with van der Waals surface area (Å²) >= 11 is 0. The van der Waals surface area contributed by atoms with E-state index in [9.17, 15) is 4.79 Å². The number of nitrogens with one attached hydrogen (secondary N) is 1. The second-order valence-corrected chi connectivity index (χ2v) is 6.37. The molecule has 0 aromatic heterocycles. The quantitative estimate of drug-likeness (QED) is 0.767. The van der Waals surface area contributed by atoms with E-state index < -0.39 is 6.10 Å². The molecule has 0 bridgehead atoms. The molecule has 0 spiro atoms. The average molecular weight is 371 g/mol. The molecule has 2 unspecified atom stereocenters. The maximum atomic E-state index is 12.5. The molecule has 2 aromatic rings. The summed E-state index contributed by atoms with van der Waals surface area (Å²) in [5.74, 6) is 1.55. The van der Waals surface area contributed by atoms with Crippen LogP contribution >= 0.6 is 0 Å². The molecule has 1 saturated heterocycles. The first-order valence-corrected chi connectivity index (χ1v) is 9.10. The number of rotatable bonds is 8. The predicted molar refractivity (Wildman–Crippen MR) is 103 cm³/mol. The Balaban J connectivity index is 1.55. The highest BCUT2D eigenvalue weighted by atomic mass is 16.5. The van der Waals surface area contributed by atoms with E-state index in [1.807, 2.05) is 30.3 Å². The molecule has 1 heterocycles. The van der Waals surface area contributed by atoms with Crippen LogP contribution in [0.3, 0.4) is 0 Å². The Hall–Kier alpha value is -2.73. The van der Waals surface area contributed by atoms with Crippen molar-refractivity contribution in [2.45, 2.75) is 32.0 Å². The highest BCUT2D eigenvalue weighted by Crippen LogP contribution is 2.27. The van der Waals surface area contributed by atoms with Crippen LogP contribution in [0.4, 0.5) is 5.69 Å². The van der Waals surface area contributed by atoms with Crippen molar-refractivity contribution in [2.75, 3.05) is 25.6 Å². The highest BCUT2D eigenvalue weighted by Gasteiger charge is 2.18. The second-order valence-electron chi connectivity index (χ2n) is 6.37. The van der Waals surface area contributed by atoms with Crippen LogP contribution in [-0.4, -0.2) is 38.4 Å². The summed E-state index contributed by atoms with van der Waals surface area (Å²) in [7, 11) is 1.56. The van der Waals surface area contributed by atoms with Crippen molar-refractivity contribution in [1.82, 2.24) is 0 Å². The number of anilines is 1. The molecule has 1 amide bonds. The third-order valence-corrected chi connectivity index (χ3v) is 4.30. The summed E-state index contributed by atoms with van der Waals surface area (Å²) in [6, 6.07) is 14.5. The van der Waals surface area contributed by atoms with E-state index in [-0.39, 0.29) is 12.0 Å². The zero-order valence-corrected chi connectivity index (χ0v) is 15.6. The standard InChI is InChI=1S/C21H25NO5/c1-15(27-20-11-4-3-10-19(20)24-2)21(23)22-16-7-5-8-17(13-16)26-14-18-9-6-12-25-18/h3-5,7-8,10-11,13,15,18H,6,9,12,14H2,1-2H3,(H,22,23). The third kappa shape index (κ3) is 5.37. The lowest BCUT2D eigenvalue weighted by molar-refractivity contribution is -0.122. The Kier molecular flexibility index (Phi) is 6.54. The van der Waals surface area contributed by atoms with Crippen molar-refractivity contribution in [3.8, 4) is 17.2 Å². The summed E-state index contributed by atoms with van der Waals surface area (Å²) in [5, 5.41) is 2.85. The topological polar surface area (TPSA) is 66.0 Å². The van der Waals surface area contributed by atoms with E-state index >= 15 is 0 Å². The van der Waals surface area contributed by atoms with Crippen LogP contribution in [0.5, 0.6) is 17.2 Å². The first-order valence-electron chi connectivity index (χ1n) is 9.10. The van der Waals surface area contributed by atoms with Gasteiger partial charge in [-0.3, -0.25) is 4.79 Å². The molecular weight excluding hydrogens is 346 g/mol. The van der Waals surface area contributed by atoms with E-state index in [4.69, 9.17) is 18.9 Å². The molecule has 6 nitrogen and oxygen atoms in total. The van der Waals surface area contributed by atoms with Crippen LogP contribution in [0.15, 0.2) is 48.5 Å². The zero-order chi connectivity index (χ0) is 19.1. The van der Waals surface area contributed by atoms with E-state index in [0.29, 0.717) is 29.5 Å². The Morgan fingerprint density at radius 3 is 2.78 bits per heavy atom. The molecular formula is C21H25NO5. The van der Waals surface area contributed by atoms with Gasteiger partial charge in [0.05, 0.1) is 13.2 Å². The van der Waals surface area contributed by atoms with Gasteiger partial charge in [0.25, 0.3) is 5.91 Å². The fourth-order valence-electron chi connectivity index (χ4n) is 2.83. The van der Waals surface area contributed by atoms with Crippen molar-refractivity contribution in [3.63, 3.8) is 0 Å². The third-order valence-electron chi connectivity index (χ3n) is 4.30. The molecule has 2 atom stereocenters. The Morgan fingerprint density at radius 1 is 1.22 bits per heavy atom. The predicted octanol–water partition coefficient (Wildman–Crippen LogP) is 3.66. The van der Waals surface area contributed by atoms with Crippen LogP contribution in [0.1, 0.15) is 19.8 Å². The maximum absolute atomic E-state index is 12.5. The fraction of sp³-hybridized carbons (Fsp3) is 0.381. The smallest absolute Gasteiger partial charge is 0.265 e. The SMILES string of the molecule is COc1ccccc1OC(C)C(=O)Nc1cccc(OCC2CCCO2)c1. The molecule has 27 heavy (non-hydrogen) atoms. The molecule has 1 aliphatic rings. The minimum Gasteiger partial charge on any atom is -0.493 e. The zero-order valence-electron chi connectivity index (χ0n) is 15.6. The molecule has 1 N–H and O–H groups in total. The van der Waals surface area contributed by atoms with Gasteiger partial charge in [0, 0.05) is 18.4 Å². The lowest BCUT2D eigenvalue weighted by Gasteiger charge is -2.17. The number of para-hydroxylation sites is 2. The van der Waals surface area contributed by atoms with E-state index in [2.05, 4.69) is 5.32 Å². The molecule has 1 aliphatic heterocycles. The average Bonchev–Trinajstić information content (AvgIpc) is 3.20. The molecule has 6 heteroatoms. The van der Waals surface area contributed by atoms with Crippen molar-refractivity contribution in [1.29, 1.82) is 0 Å². The summed E-state index contributed by atoms with van der Waals surface area (Å²) in [6.45, 7) is 3.01. The Morgan fingerprint density at radius 2 is 2.04 bits per heavy atom. The molecule has 0 saturated carbocycles. The first kappa shape index (κ1) is 19.0. The van der Waals surface area contributed by atoms with Crippen molar-refractivity contribution >= 4 is 11.6 Å². The fourth-order valence-corrected chi connectivity index (χ4v) is 2.83. The van der Waals surface area contributed by atoms with Gasteiger partial charge in [-0.25, -0.2) is 0 Å². The number of carbonyl (C=O) groups is 1. The number of methoxy groups -OCH3 is 1. The van der Waals surface area contributed by atoms with Gasteiger partial charge in [-0.15, -0.1) is 0 Å². The first-order chi connectivity index (χ1) is 13.2. The van der Waals surface area contributed by atoms with E-state index in [1.165, 1.54) is 0 Å². The summed E-state index contributed by atoms with van der Waals surface area (Å²) in [6.07, 6.45) is 1.57. The summed E-state index contributed by atoms with van der Waals surface area (Å²) in [5.41, 5.74) is 0.653. The summed E-state index contributed by atoms with van der Waals surface area (Å²) in [4.78, 5) is 12.5. The molecule has 144 valence electrons. The molecule has 1 fully saturated rings. The lowest BCUT2D eigenvalue weighted by Crippen LogP contribution is -2.30. The molecule has 0 radical (unpaired) electrons. The Labute approximate surface area is 159 Å². The van der Waals surface area contributed by atoms with Gasteiger partial charge in [0.2, 0.25) is 0 Å². The number of hydrogen-bond donors (Lipinski definition) is 1. The van der Waals surface area contributed by atoms with Gasteiger partial charge < -0.3 is 24.3 Å². The van der Waals surface area contributed by atoms with Crippen LogP contribution < -0.4 is 19.5 Å². The largest absolute Gasteiger partial charge is 0.493 e. The number of carbonyl (C=O) groups excluding carboxylic acids is 1. The van der Waals surface area contributed by atoms with E-state index in [0.717, 1.165) is 19.4 Å². The summed E-state index contributed by atoms with van der Waals surface area (Å²) < 4.78 is 22.3. The van der Waals surface area contributed by atoms with Crippen LogP contribution in [-0.2, 0) is 9.53 Å². The lowest BCUT2D eigenvalue weighted by atomic mass is 10.2. The van der Waals surface area contributed by atoms with E-state index in [1.54, 1.807) is 32.2 Å². The normalized spacial score (nSPS) is 17.2. The monoisotopic (exact) mass is 371 g/mol. The van der Waals surface area contributed by atoms with Crippen LogP contribution in [0, 0.1) is 0 Å². The van der Waals surface area contributed by atoms with Crippen LogP contribution in [0.2, 0.25) is 0 Å². The Bertz CT molecular complexity index is 758. The van der Waals surface area contributed by atoms with Crippen LogP contribution in [0.25, 0.3) is 0 Å². The van der Waals surface area contributed by atoms with Gasteiger partial charge in [-0.05, 0) is 44.0 Å². The van der Waals surface area contributed by atoms with Crippen molar-refractivity contribution in [3.05, 3.63) is 48.5 Å². The van der Waals surface area contributed by atoms with Gasteiger partial charge in [0.1, 0.15) is 12.4 Å². The minimum atomic E-state index is -0.683. The molecule has 2 aromatic carbocycles. The molecule has 0 aliphatic carbocycles. The minimum absolute atomic E-state index is 0.150. The van der Waals surface area contributed by atoms with Gasteiger partial charge in [-0.1, -0.05) is 18.2 Å². The second kappa shape index (κ2) is 9.28. The van der Waals surface area contributed by atoms with Gasteiger partial charge >= 0.3 is 0 Å². The highest BCUT2D eigenvalue weighted by molar-refractivity contribution is 5.94. The number of amides is 1. The van der Waals surface area contributed by atoms with Crippen molar-refractivity contribution < 1.29 is 23.7 Å². The van der Waals surface area contributed by atoms with Gasteiger partial charge in [0.15, 0.2) is 17.6 Å². The number of benzene rings is 2.